The van der Waals surface area contributed by atoms with Crippen molar-refractivity contribution in [2.75, 3.05) is 43.9 Å². The van der Waals surface area contributed by atoms with Crippen molar-refractivity contribution < 1.29 is 9.53 Å². The number of carbonyl (C=O) groups is 1. The topological polar surface area (TPSA) is 110 Å². The van der Waals surface area contributed by atoms with Crippen molar-refractivity contribution >= 4 is 28.6 Å². The molecule has 0 unspecified atom stereocenters. The lowest BCUT2D eigenvalue weighted by molar-refractivity contribution is 0.0365. The second kappa shape index (κ2) is 10.5. The molecule has 0 saturated carbocycles. The van der Waals surface area contributed by atoms with Crippen LogP contribution in [0.2, 0.25) is 0 Å². The molecule has 2 amide bonds. The summed E-state index contributed by atoms with van der Waals surface area (Å²) in [6.45, 7) is 5.61. The fraction of sp³-hybridized carbons (Fsp3) is 0.269. The number of carbonyl (C=O) groups excluding carboxylic acids is 1. The van der Waals surface area contributed by atoms with Crippen molar-refractivity contribution in [2.45, 2.75) is 13.1 Å². The maximum Gasteiger partial charge on any atom is 0.319 e. The number of nitrogens with two attached hydrogens (primary N) is 1. The second-order valence-electron chi connectivity index (χ2n) is 8.52. The number of fused-ring (bicyclic) bond motifs is 1. The SMILES string of the molecule is Nc1ncnc2c1c(-c1ccc(NC(=O)NCc3ccccc3)cc1)cn2CCN1CCOCC1. The summed E-state index contributed by atoms with van der Waals surface area (Å²) in [6.07, 6.45) is 3.60. The van der Waals surface area contributed by atoms with Gasteiger partial charge in [-0.1, -0.05) is 42.5 Å². The number of hydrogen-bond acceptors (Lipinski definition) is 6. The van der Waals surface area contributed by atoms with E-state index in [1.54, 1.807) is 0 Å². The quantitative estimate of drug-likeness (QED) is 0.381. The molecule has 9 heteroatoms. The zero-order valence-corrected chi connectivity index (χ0v) is 19.5. The predicted octanol–water partition coefficient (Wildman–Crippen LogP) is 3.33. The molecule has 1 saturated heterocycles. The Labute approximate surface area is 203 Å². The first-order valence-corrected chi connectivity index (χ1v) is 11.8. The van der Waals surface area contributed by atoms with Crippen LogP contribution in [0.25, 0.3) is 22.2 Å². The molecule has 1 aliphatic heterocycles. The summed E-state index contributed by atoms with van der Waals surface area (Å²) in [5.41, 5.74) is 10.8. The molecule has 0 radical (unpaired) electrons. The number of nitrogens with zero attached hydrogens (tertiary/aromatic N) is 4. The van der Waals surface area contributed by atoms with Crippen LogP contribution in [0, 0.1) is 0 Å². The van der Waals surface area contributed by atoms with Gasteiger partial charge in [-0.15, -0.1) is 0 Å². The van der Waals surface area contributed by atoms with Gasteiger partial charge in [-0.25, -0.2) is 14.8 Å². The van der Waals surface area contributed by atoms with Crippen LogP contribution in [0.4, 0.5) is 16.3 Å². The molecule has 0 spiro atoms. The van der Waals surface area contributed by atoms with Gasteiger partial charge in [-0.3, -0.25) is 4.90 Å². The smallest absolute Gasteiger partial charge is 0.319 e. The maximum atomic E-state index is 12.3. The monoisotopic (exact) mass is 471 g/mol. The van der Waals surface area contributed by atoms with Crippen LogP contribution < -0.4 is 16.4 Å². The summed E-state index contributed by atoms with van der Waals surface area (Å²) in [5, 5.41) is 6.60. The molecule has 4 N–H and O–H groups in total. The van der Waals surface area contributed by atoms with E-state index in [1.807, 2.05) is 54.6 Å². The average molecular weight is 472 g/mol. The third-order valence-electron chi connectivity index (χ3n) is 6.19. The number of nitrogen functional groups attached to an aromatic ring is 1. The third kappa shape index (κ3) is 5.42. The van der Waals surface area contributed by atoms with E-state index in [1.165, 1.54) is 6.33 Å². The van der Waals surface area contributed by atoms with Crippen LogP contribution in [-0.4, -0.2) is 58.3 Å². The molecule has 3 heterocycles. The van der Waals surface area contributed by atoms with Gasteiger partial charge in [-0.05, 0) is 23.3 Å². The first kappa shape index (κ1) is 22.8. The Kier molecular flexibility index (Phi) is 6.87. The molecule has 2 aromatic heterocycles. The largest absolute Gasteiger partial charge is 0.383 e. The molecular weight excluding hydrogens is 442 g/mol. The average Bonchev–Trinajstić information content (AvgIpc) is 3.28. The number of morpholine rings is 1. The van der Waals surface area contributed by atoms with Crippen LogP contribution in [0.15, 0.2) is 67.1 Å². The first-order chi connectivity index (χ1) is 17.2. The molecule has 0 atom stereocenters. The third-order valence-corrected chi connectivity index (χ3v) is 6.19. The van der Waals surface area contributed by atoms with Crippen molar-refractivity contribution in [1.82, 2.24) is 24.8 Å². The summed E-state index contributed by atoms with van der Waals surface area (Å²) in [7, 11) is 0. The Bertz CT molecular complexity index is 1280. The second-order valence-corrected chi connectivity index (χ2v) is 8.52. The normalized spacial score (nSPS) is 14.2. The Morgan fingerprint density at radius 1 is 1.00 bits per heavy atom. The van der Waals surface area contributed by atoms with Crippen molar-refractivity contribution in [1.29, 1.82) is 0 Å². The van der Waals surface area contributed by atoms with E-state index in [4.69, 9.17) is 10.5 Å². The van der Waals surface area contributed by atoms with E-state index in [9.17, 15) is 4.79 Å². The number of aromatic nitrogens is 3. The minimum absolute atomic E-state index is 0.251. The van der Waals surface area contributed by atoms with Crippen LogP contribution in [0.3, 0.4) is 0 Å². The van der Waals surface area contributed by atoms with Gasteiger partial charge in [-0.2, -0.15) is 0 Å². The highest BCUT2D eigenvalue weighted by Gasteiger charge is 2.17. The van der Waals surface area contributed by atoms with Gasteiger partial charge < -0.3 is 25.7 Å². The lowest BCUT2D eigenvalue weighted by Crippen LogP contribution is -2.38. The highest BCUT2D eigenvalue weighted by atomic mass is 16.5. The Balaban J connectivity index is 1.30. The van der Waals surface area contributed by atoms with Gasteiger partial charge in [0.15, 0.2) is 0 Å². The predicted molar refractivity (Wildman–Crippen MR) is 137 cm³/mol. The summed E-state index contributed by atoms with van der Waals surface area (Å²) >= 11 is 0. The van der Waals surface area contributed by atoms with Gasteiger partial charge in [0, 0.05) is 50.2 Å². The van der Waals surface area contributed by atoms with Crippen LogP contribution >= 0.6 is 0 Å². The van der Waals surface area contributed by atoms with Crippen LogP contribution in [0.5, 0.6) is 0 Å². The van der Waals surface area contributed by atoms with Gasteiger partial charge in [0.2, 0.25) is 0 Å². The Morgan fingerprint density at radius 3 is 2.54 bits per heavy atom. The highest BCUT2D eigenvalue weighted by molar-refractivity contribution is 6.01. The van der Waals surface area contributed by atoms with Gasteiger partial charge in [0.1, 0.15) is 17.8 Å². The number of benzene rings is 2. The molecular formula is C26H29N7O2. The molecule has 4 aromatic rings. The van der Waals surface area contributed by atoms with Crippen molar-refractivity contribution in [3.05, 3.63) is 72.7 Å². The summed E-state index contributed by atoms with van der Waals surface area (Å²) in [4.78, 5) is 23.4. The highest BCUT2D eigenvalue weighted by Crippen LogP contribution is 2.33. The number of rotatable bonds is 7. The van der Waals surface area contributed by atoms with E-state index in [-0.39, 0.29) is 6.03 Å². The van der Waals surface area contributed by atoms with E-state index < -0.39 is 0 Å². The number of amides is 2. The number of anilines is 2. The lowest BCUT2D eigenvalue weighted by Gasteiger charge is -2.26. The first-order valence-electron chi connectivity index (χ1n) is 11.8. The molecule has 5 rings (SSSR count). The molecule has 0 bridgehead atoms. The molecule has 180 valence electrons. The standard InChI is InChI=1S/C26H29N7O2/c27-24-23-22(17-33(25(23)30-18-29-24)11-10-32-12-14-35-15-13-32)20-6-8-21(9-7-20)31-26(34)28-16-19-4-2-1-3-5-19/h1-9,17-18H,10-16H2,(H2,27,29,30)(H2,28,31,34). The van der Waals surface area contributed by atoms with E-state index in [0.717, 1.165) is 67.1 Å². The number of urea groups is 1. The fourth-order valence-electron chi connectivity index (χ4n) is 4.30. The fourth-order valence-corrected chi connectivity index (χ4v) is 4.30. The van der Waals surface area contributed by atoms with E-state index >= 15 is 0 Å². The van der Waals surface area contributed by atoms with Crippen molar-refractivity contribution in [2.24, 2.45) is 0 Å². The van der Waals surface area contributed by atoms with Crippen LogP contribution in [0.1, 0.15) is 5.56 Å². The van der Waals surface area contributed by atoms with E-state index in [2.05, 4.69) is 36.3 Å². The zero-order valence-electron chi connectivity index (χ0n) is 19.5. The molecule has 1 aliphatic rings. The van der Waals surface area contributed by atoms with Gasteiger partial charge >= 0.3 is 6.03 Å². The lowest BCUT2D eigenvalue weighted by atomic mass is 10.1. The zero-order chi connectivity index (χ0) is 24.0. The Morgan fingerprint density at radius 2 is 1.77 bits per heavy atom. The Hall–Kier alpha value is -3.95. The van der Waals surface area contributed by atoms with Gasteiger partial charge in [0.05, 0.1) is 18.6 Å². The molecule has 1 fully saturated rings. The van der Waals surface area contributed by atoms with Gasteiger partial charge in [0.25, 0.3) is 0 Å². The van der Waals surface area contributed by atoms with E-state index in [0.29, 0.717) is 18.1 Å². The summed E-state index contributed by atoms with van der Waals surface area (Å²) < 4.78 is 7.59. The minimum Gasteiger partial charge on any atom is -0.383 e. The molecule has 0 aliphatic carbocycles. The molecule has 2 aromatic carbocycles. The maximum absolute atomic E-state index is 12.3. The molecule has 9 nitrogen and oxygen atoms in total. The van der Waals surface area contributed by atoms with Crippen molar-refractivity contribution in [3.63, 3.8) is 0 Å². The number of nitrogens with one attached hydrogen (secondary N) is 2. The summed E-state index contributed by atoms with van der Waals surface area (Å²) in [5.74, 6) is 0.456. The minimum atomic E-state index is -0.251. The van der Waals surface area contributed by atoms with Crippen LogP contribution in [-0.2, 0) is 17.8 Å². The number of hydrogen-bond donors (Lipinski definition) is 3. The number of ether oxygens (including phenoxy) is 1. The molecule has 35 heavy (non-hydrogen) atoms. The van der Waals surface area contributed by atoms with Crippen molar-refractivity contribution in [3.8, 4) is 11.1 Å². The summed E-state index contributed by atoms with van der Waals surface area (Å²) in [6, 6.07) is 17.3.